The molecule has 3 heterocycles. The van der Waals surface area contributed by atoms with Gasteiger partial charge >= 0.3 is 12.1 Å². The molecule has 3 saturated heterocycles. The van der Waals surface area contributed by atoms with Crippen molar-refractivity contribution in [2.45, 2.75) is 25.5 Å². The zero-order chi connectivity index (χ0) is 19.5. The number of para-hydroxylation sites is 1. The fourth-order valence-electron chi connectivity index (χ4n) is 4.04. The van der Waals surface area contributed by atoms with Gasteiger partial charge in [0.05, 0.1) is 12.1 Å². The van der Waals surface area contributed by atoms with Crippen molar-refractivity contribution >= 4 is 17.7 Å². The van der Waals surface area contributed by atoms with E-state index in [-0.39, 0.29) is 17.8 Å². The van der Waals surface area contributed by atoms with Gasteiger partial charge in [0.2, 0.25) is 0 Å². The molecule has 2 aromatic rings. The number of anilines is 1. The maximum atomic E-state index is 13.1. The molecule has 1 amide bonds. The topological polar surface area (TPSA) is 70.1 Å². The normalized spacial score (nSPS) is 23.2. The molecule has 3 aliphatic heterocycles. The molecule has 0 aromatic heterocycles. The van der Waals surface area contributed by atoms with E-state index in [1.54, 1.807) is 29.2 Å². The number of carboxylic acids is 1. The van der Waals surface area contributed by atoms with Crippen LogP contribution in [0.15, 0.2) is 54.6 Å². The van der Waals surface area contributed by atoms with E-state index in [4.69, 9.17) is 9.84 Å². The van der Waals surface area contributed by atoms with E-state index < -0.39 is 5.97 Å². The zero-order valence-corrected chi connectivity index (χ0v) is 15.7. The monoisotopic (exact) mass is 380 g/mol. The van der Waals surface area contributed by atoms with Crippen molar-refractivity contribution in [1.29, 1.82) is 0 Å². The first-order valence-corrected chi connectivity index (χ1v) is 9.68. The molecule has 1 atom stereocenters. The van der Waals surface area contributed by atoms with Crippen molar-refractivity contribution in [1.82, 2.24) is 4.90 Å². The van der Waals surface area contributed by atoms with E-state index in [9.17, 15) is 9.59 Å². The lowest BCUT2D eigenvalue weighted by Gasteiger charge is -2.44. The number of aromatic carboxylic acids is 1. The highest BCUT2D eigenvalue weighted by atomic mass is 16.6. The van der Waals surface area contributed by atoms with Crippen LogP contribution in [0.1, 0.15) is 28.8 Å². The molecular formula is C22H24N2O4. The van der Waals surface area contributed by atoms with Crippen molar-refractivity contribution in [2.24, 2.45) is 5.92 Å². The van der Waals surface area contributed by atoms with Crippen molar-refractivity contribution in [3.63, 3.8) is 0 Å². The van der Waals surface area contributed by atoms with Crippen LogP contribution >= 0.6 is 0 Å². The molecule has 146 valence electrons. The smallest absolute Gasteiger partial charge is 0.414 e. The van der Waals surface area contributed by atoms with Gasteiger partial charge in [-0.05, 0) is 61.7 Å². The van der Waals surface area contributed by atoms with Crippen LogP contribution in [0.5, 0.6) is 0 Å². The van der Waals surface area contributed by atoms with Gasteiger partial charge in [0.25, 0.3) is 0 Å². The molecule has 2 bridgehead atoms. The summed E-state index contributed by atoms with van der Waals surface area (Å²) in [6.07, 6.45) is 1.75. The molecule has 28 heavy (non-hydrogen) atoms. The van der Waals surface area contributed by atoms with Gasteiger partial charge in [-0.25, -0.2) is 9.59 Å². The van der Waals surface area contributed by atoms with Gasteiger partial charge in [-0.15, -0.1) is 0 Å². The minimum absolute atomic E-state index is 0.0596. The van der Waals surface area contributed by atoms with Crippen LogP contribution in [0.4, 0.5) is 10.5 Å². The number of nitrogens with zero attached hydrogens (tertiary/aromatic N) is 2. The quantitative estimate of drug-likeness (QED) is 0.858. The van der Waals surface area contributed by atoms with Gasteiger partial charge < -0.3 is 9.84 Å². The molecular weight excluding hydrogens is 356 g/mol. The first-order chi connectivity index (χ1) is 13.6. The molecule has 0 unspecified atom stereocenters. The minimum atomic E-state index is -0.965. The highest BCUT2D eigenvalue weighted by molar-refractivity contribution is 5.88. The molecule has 3 fully saturated rings. The van der Waals surface area contributed by atoms with Gasteiger partial charge in [-0.1, -0.05) is 30.3 Å². The van der Waals surface area contributed by atoms with Gasteiger partial charge in [-0.3, -0.25) is 9.80 Å². The first kappa shape index (κ1) is 18.5. The number of fused-ring (bicyclic) bond motifs is 3. The first-order valence-electron chi connectivity index (χ1n) is 9.68. The lowest BCUT2D eigenvalue weighted by molar-refractivity contribution is -0.0311. The number of amides is 1. The Morgan fingerprint density at radius 1 is 1.04 bits per heavy atom. The minimum Gasteiger partial charge on any atom is -0.478 e. The fourth-order valence-corrected chi connectivity index (χ4v) is 4.04. The number of hydrogen-bond donors (Lipinski definition) is 1. The maximum absolute atomic E-state index is 13.1. The number of benzene rings is 2. The Kier molecular flexibility index (Phi) is 5.30. The number of carbonyl (C=O) groups is 2. The van der Waals surface area contributed by atoms with E-state index in [1.165, 1.54) is 0 Å². The highest BCUT2D eigenvalue weighted by Gasteiger charge is 2.37. The van der Waals surface area contributed by atoms with Crippen LogP contribution in [-0.2, 0) is 11.3 Å². The van der Waals surface area contributed by atoms with Crippen LogP contribution in [0.25, 0.3) is 0 Å². The molecule has 6 nitrogen and oxygen atoms in total. The number of carboxylic acid groups (broad SMARTS) is 1. The van der Waals surface area contributed by atoms with Crippen LogP contribution in [0.3, 0.4) is 0 Å². The zero-order valence-electron chi connectivity index (χ0n) is 15.7. The number of ether oxygens (including phenoxy) is 1. The summed E-state index contributed by atoms with van der Waals surface area (Å²) in [5, 5.41) is 9.07. The third-order valence-corrected chi connectivity index (χ3v) is 5.68. The predicted molar refractivity (Wildman–Crippen MR) is 105 cm³/mol. The number of hydrogen-bond acceptors (Lipinski definition) is 4. The molecule has 6 heteroatoms. The van der Waals surface area contributed by atoms with E-state index in [0.29, 0.717) is 12.5 Å². The van der Waals surface area contributed by atoms with Gasteiger partial charge in [0.1, 0.15) is 6.10 Å². The SMILES string of the molecule is O=C(O)c1ccc(CN(C(=O)O[C@H]2CN3CCC2CC3)c2ccccc2)cc1. The summed E-state index contributed by atoms with van der Waals surface area (Å²) >= 11 is 0. The highest BCUT2D eigenvalue weighted by Crippen LogP contribution is 2.30. The van der Waals surface area contributed by atoms with Crippen molar-refractivity contribution < 1.29 is 19.4 Å². The largest absolute Gasteiger partial charge is 0.478 e. The van der Waals surface area contributed by atoms with Gasteiger partial charge in [0, 0.05) is 12.2 Å². The van der Waals surface area contributed by atoms with Crippen molar-refractivity contribution in [2.75, 3.05) is 24.5 Å². The average Bonchev–Trinajstić information content (AvgIpc) is 2.74. The molecule has 0 saturated carbocycles. The Balaban J connectivity index is 1.52. The second-order valence-electron chi connectivity index (χ2n) is 7.48. The Labute approximate surface area is 164 Å². The van der Waals surface area contributed by atoms with Crippen LogP contribution in [-0.4, -0.2) is 47.8 Å². The number of rotatable bonds is 5. The Morgan fingerprint density at radius 2 is 1.71 bits per heavy atom. The van der Waals surface area contributed by atoms with Crippen LogP contribution in [0, 0.1) is 5.92 Å². The van der Waals surface area contributed by atoms with E-state index >= 15 is 0 Å². The summed E-state index contributed by atoms with van der Waals surface area (Å²) in [5.41, 5.74) is 1.83. The summed E-state index contributed by atoms with van der Waals surface area (Å²) in [6.45, 7) is 3.32. The molecule has 0 radical (unpaired) electrons. The second-order valence-corrected chi connectivity index (χ2v) is 7.48. The maximum Gasteiger partial charge on any atom is 0.414 e. The summed E-state index contributed by atoms with van der Waals surface area (Å²) in [5.74, 6) is -0.519. The van der Waals surface area contributed by atoms with Crippen LogP contribution in [0.2, 0.25) is 0 Å². The second kappa shape index (κ2) is 8.02. The molecule has 3 aliphatic rings. The van der Waals surface area contributed by atoms with Crippen LogP contribution < -0.4 is 4.90 Å². The molecule has 2 aromatic carbocycles. The van der Waals surface area contributed by atoms with Crippen molar-refractivity contribution in [3.8, 4) is 0 Å². The van der Waals surface area contributed by atoms with E-state index in [0.717, 1.165) is 43.7 Å². The Morgan fingerprint density at radius 3 is 2.29 bits per heavy atom. The molecule has 0 spiro atoms. The third-order valence-electron chi connectivity index (χ3n) is 5.68. The van der Waals surface area contributed by atoms with E-state index in [1.807, 2.05) is 30.3 Å². The average molecular weight is 380 g/mol. The molecule has 1 N–H and O–H groups in total. The Hall–Kier alpha value is -2.86. The standard InChI is InChI=1S/C22H24N2O4/c25-21(26)18-8-6-16(7-9-18)14-24(19-4-2-1-3-5-19)22(27)28-20-15-23-12-10-17(20)11-13-23/h1-9,17,20H,10-15H2,(H,25,26)/t20-/m0/s1. The number of carbonyl (C=O) groups excluding carboxylic acids is 1. The molecule has 5 rings (SSSR count). The lowest BCUT2D eigenvalue weighted by Crippen LogP contribution is -2.53. The van der Waals surface area contributed by atoms with E-state index in [2.05, 4.69) is 4.90 Å². The third kappa shape index (κ3) is 4.02. The van der Waals surface area contributed by atoms with Gasteiger partial charge in [0.15, 0.2) is 0 Å². The Bertz CT molecular complexity index is 829. The summed E-state index contributed by atoms with van der Waals surface area (Å²) in [4.78, 5) is 28.1. The summed E-state index contributed by atoms with van der Waals surface area (Å²) in [6, 6.07) is 16.0. The predicted octanol–water partition coefficient (Wildman–Crippen LogP) is 3.62. The fraction of sp³-hybridized carbons (Fsp3) is 0.364. The van der Waals surface area contributed by atoms with Gasteiger partial charge in [-0.2, -0.15) is 0 Å². The lowest BCUT2D eigenvalue weighted by atomic mass is 9.86. The summed E-state index contributed by atoms with van der Waals surface area (Å²) in [7, 11) is 0. The molecule has 0 aliphatic carbocycles. The van der Waals surface area contributed by atoms with Crippen molar-refractivity contribution in [3.05, 3.63) is 65.7 Å². The summed E-state index contributed by atoms with van der Waals surface area (Å²) < 4.78 is 5.93. The number of piperidine rings is 3.